The standard InChI is InChI=1S/C20H24N8O2S/c1-30-15-7-3-2-6-14(15)23-19-25-16(24-18(21)27-19)12-28-9-4-5-13(11-28)17(29)26-20-22-8-10-31-20/h2-3,6-8,10,13H,4-5,9,11-12H2,1H3,(H,22,26,29)(H3,21,23,24,25,27). The lowest BCUT2D eigenvalue weighted by atomic mass is 9.97. The average molecular weight is 441 g/mol. The molecule has 3 heterocycles. The van der Waals surface area contributed by atoms with Crippen LogP contribution in [0.25, 0.3) is 0 Å². The van der Waals surface area contributed by atoms with Crippen LogP contribution in [0.15, 0.2) is 35.8 Å². The molecule has 0 radical (unpaired) electrons. The van der Waals surface area contributed by atoms with E-state index in [4.69, 9.17) is 10.5 Å². The van der Waals surface area contributed by atoms with Crippen molar-refractivity contribution in [3.05, 3.63) is 41.7 Å². The van der Waals surface area contributed by atoms with Crippen LogP contribution in [0, 0.1) is 5.92 Å². The first-order chi connectivity index (χ1) is 15.1. The summed E-state index contributed by atoms with van der Waals surface area (Å²) in [5.41, 5.74) is 6.65. The van der Waals surface area contributed by atoms with Gasteiger partial charge in [0.2, 0.25) is 17.8 Å². The molecule has 31 heavy (non-hydrogen) atoms. The lowest BCUT2D eigenvalue weighted by molar-refractivity contribution is -0.121. The number of hydrogen-bond donors (Lipinski definition) is 3. The Bertz CT molecular complexity index is 1030. The van der Waals surface area contributed by atoms with Crippen molar-refractivity contribution in [3.8, 4) is 5.75 Å². The number of amides is 1. The van der Waals surface area contributed by atoms with Crippen LogP contribution >= 0.6 is 11.3 Å². The van der Waals surface area contributed by atoms with Gasteiger partial charge >= 0.3 is 0 Å². The van der Waals surface area contributed by atoms with Crippen LogP contribution in [-0.2, 0) is 11.3 Å². The van der Waals surface area contributed by atoms with Gasteiger partial charge in [-0.1, -0.05) is 12.1 Å². The van der Waals surface area contributed by atoms with Gasteiger partial charge in [-0.3, -0.25) is 9.69 Å². The van der Waals surface area contributed by atoms with Gasteiger partial charge < -0.3 is 21.1 Å². The maximum atomic E-state index is 12.6. The Morgan fingerprint density at radius 2 is 2.19 bits per heavy atom. The third-order valence-corrected chi connectivity index (χ3v) is 5.64. The van der Waals surface area contributed by atoms with Crippen molar-refractivity contribution in [2.45, 2.75) is 19.4 Å². The minimum absolute atomic E-state index is 0.00617. The summed E-state index contributed by atoms with van der Waals surface area (Å²) in [7, 11) is 1.60. The van der Waals surface area contributed by atoms with Crippen LogP contribution in [0.1, 0.15) is 18.7 Å². The van der Waals surface area contributed by atoms with E-state index in [1.54, 1.807) is 13.3 Å². The van der Waals surface area contributed by atoms with Gasteiger partial charge in [-0.05, 0) is 31.5 Å². The molecule has 2 aromatic heterocycles. The van der Waals surface area contributed by atoms with E-state index in [0.29, 0.717) is 35.7 Å². The quantitative estimate of drug-likeness (QED) is 0.507. The number of carbonyl (C=O) groups is 1. The number of carbonyl (C=O) groups excluding carboxylic acids is 1. The molecule has 10 nitrogen and oxygen atoms in total. The van der Waals surface area contributed by atoms with E-state index in [0.717, 1.165) is 25.1 Å². The molecule has 1 amide bonds. The largest absolute Gasteiger partial charge is 0.495 e. The maximum absolute atomic E-state index is 12.6. The van der Waals surface area contributed by atoms with Crippen LogP contribution in [0.4, 0.5) is 22.7 Å². The molecule has 1 aliphatic heterocycles. The molecule has 1 aliphatic rings. The van der Waals surface area contributed by atoms with Gasteiger partial charge in [-0.15, -0.1) is 11.3 Å². The Morgan fingerprint density at radius 3 is 3.00 bits per heavy atom. The number of rotatable bonds is 7. The van der Waals surface area contributed by atoms with Gasteiger partial charge in [0.15, 0.2) is 5.13 Å². The first kappa shape index (κ1) is 20.9. The van der Waals surface area contributed by atoms with Crippen LogP contribution in [0.3, 0.4) is 0 Å². The van der Waals surface area contributed by atoms with Crippen LogP contribution < -0.4 is 21.1 Å². The van der Waals surface area contributed by atoms with Crippen LogP contribution in [0.5, 0.6) is 5.75 Å². The highest BCUT2D eigenvalue weighted by molar-refractivity contribution is 7.13. The number of nitrogens with two attached hydrogens (primary N) is 1. The predicted molar refractivity (Wildman–Crippen MR) is 119 cm³/mol. The number of nitrogens with one attached hydrogen (secondary N) is 2. The first-order valence-corrected chi connectivity index (χ1v) is 10.8. The number of benzene rings is 1. The smallest absolute Gasteiger partial charge is 0.232 e. The molecule has 1 unspecified atom stereocenters. The van der Waals surface area contributed by atoms with Crippen molar-refractivity contribution < 1.29 is 9.53 Å². The zero-order valence-electron chi connectivity index (χ0n) is 17.1. The second-order valence-corrected chi connectivity index (χ2v) is 8.05. The van der Waals surface area contributed by atoms with E-state index in [1.165, 1.54) is 11.3 Å². The van der Waals surface area contributed by atoms with Crippen LogP contribution in [-0.4, -0.2) is 50.9 Å². The summed E-state index contributed by atoms with van der Waals surface area (Å²) < 4.78 is 5.36. The van der Waals surface area contributed by atoms with E-state index in [-0.39, 0.29) is 17.8 Å². The molecule has 0 aliphatic carbocycles. The van der Waals surface area contributed by atoms with Crippen molar-refractivity contribution in [1.29, 1.82) is 0 Å². The third kappa shape index (κ3) is 5.44. The zero-order valence-corrected chi connectivity index (χ0v) is 17.9. The summed E-state index contributed by atoms with van der Waals surface area (Å²) in [5, 5.41) is 8.49. The molecule has 11 heteroatoms. The Morgan fingerprint density at radius 1 is 1.32 bits per heavy atom. The topological polar surface area (TPSA) is 131 Å². The van der Waals surface area contributed by atoms with E-state index in [1.807, 2.05) is 29.6 Å². The summed E-state index contributed by atoms with van der Waals surface area (Å²) in [6.45, 7) is 1.97. The highest BCUT2D eigenvalue weighted by Gasteiger charge is 2.27. The van der Waals surface area contributed by atoms with Gasteiger partial charge in [-0.25, -0.2) is 4.98 Å². The van der Waals surface area contributed by atoms with Gasteiger partial charge in [0.1, 0.15) is 11.6 Å². The zero-order chi connectivity index (χ0) is 21.6. The molecule has 4 rings (SSSR count). The number of hydrogen-bond acceptors (Lipinski definition) is 10. The number of nitrogen functional groups attached to an aromatic ring is 1. The average Bonchev–Trinajstić information content (AvgIpc) is 3.27. The second kappa shape index (κ2) is 9.67. The SMILES string of the molecule is COc1ccccc1Nc1nc(N)nc(CN2CCCC(C(=O)Nc3nccs3)C2)n1. The lowest BCUT2D eigenvalue weighted by Crippen LogP contribution is -2.40. The number of methoxy groups -OCH3 is 1. The molecule has 0 bridgehead atoms. The molecule has 0 spiro atoms. The Balaban J connectivity index is 1.42. The summed E-state index contributed by atoms with van der Waals surface area (Å²) >= 11 is 1.41. The van der Waals surface area contributed by atoms with Crippen molar-refractivity contribution in [2.24, 2.45) is 5.92 Å². The summed E-state index contributed by atoms with van der Waals surface area (Å²) in [5.74, 6) is 1.59. The predicted octanol–water partition coefficient (Wildman–Crippen LogP) is 2.51. The molecule has 4 N–H and O–H groups in total. The highest BCUT2D eigenvalue weighted by atomic mass is 32.1. The molecule has 1 aromatic carbocycles. The minimum Gasteiger partial charge on any atom is -0.495 e. The molecule has 3 aromatic rings. The Hall–Kier alpha value is -3.31. The number of nitrogens with zero attached hydrogens (tertiary/aromatic N) is 5. The minimum atomic E-state index is -0.108. The lowest BCUT2D eigenvalue weighted by Gasteiger charge is -2.31. The Kier molecular flexibility index (Phi) is 6.53. The fourth-order valence-corrected chi connectivity index (χ4v) is 4.07. The van der Waals surface area contributed by atoms with Crippen molar-refractivity contribution >= 4 is 40.0 Å². The number of ether oxygens (including phenoxy) is 1. The van der Waals surface area contributed by atoms with Gasteiger partial charge in [0, 0.05) is 18.1 Å². The fraction of sp³-hybridized carbons (Fsp3) is 0.350. The Labute approximate surface area is 183 Å². The third-order valence-electron chi connectivity index (χ3n) is 4.96. The number of thiazole rings is 1. The van der Waals surface area contributed by atoms with E-state index >= 15 is 0 Å². The van der Waals surface area contributed by atoms with E-state index in [2.05, 4.69) is 35.5 Å². The number of likely N-dealkylation sites (tertiary alicyclic amines) is 1. The number of para-hydroxylation sites is 2. The normalized spacial score (nSPS) is 16.6. The van der Waals surface area contributed by atoms with Gasteiger partial charge in [0.25, 0.3) is 0 Å². The van der Waals surface area contributed by atoms with Crippen molar-refractivity contribution in [3.63, 3.8) is 0 Å². The van der Waals surface area contributed by atoms with Gasteiger partial charge in [0.05, 0.1) is 25.3 Å². The molecule has 1 atom stereocenters. The molecule has 0 saturated carbocycles. The summed E-state index contributed by atoms with van der Waals surface area (Å²) in [6, 6.07) is 7.49. The van der Waals surface area contributed by atoms with E-state index in [9.17, 15) is 4.79 Å². The molecule has 162 valence electrons. The molecule has 1 saturated heterocycles. The van der Waals surface area contributed by atoms with Crippen molar-refractivity contribution in [1.82, 2.24) is 24.8 Å². The van der Waals surface area contributed by atoms with Gasteiger partial charge in [-0.2, -0.15) is 15.0 Å². The fourth-order valence-electron chi connectivity index (χ4n) is 3.54. The monoisotopic (exact) mass is 440 g/mol. The van der Waals surface area contributed by atoms with E-state index < -0.39 is 0 Å². The second-order valence-electron chi connectivity index (χ2n) is 7.16. The van der Waals surface area contributed by atoms with Crippen LogP contribution in [0.2, 0.25) is 0 Å². The molecular weight excluding hydrogens is 416 g/mol. The number of piperidine rings is 1. The molecular formula is C20H24N8O2S. The first-order valence-electron chi connectivity index (χ1n) is 9.94. The molecule has 1 fully saturated rings. The number of anilines is 4. The maximum Gasteiger partial charge on any atom is 0.232 e. The summed E-state index contributed by atoms with van der Waals surface area (Å²) in [4.78, 5) is 31.8. The summed E-state index contributed by atoms with van der Waals surface area (Å²) in [6.07, 6.45) is 3.44. The highest BCUT2D eigenvalue weighted by Crippen LogP contribution is 2.26. The number of aromatic nitrogens is 4. The van der Waals surface area contributed by atoms with Crippen molar-refractivity contribution in [2.75, 3.05) is 36.6 Å².